The molecule has 0 radical (unpaired) electrons. The highest BCUT2D eigenvalue weighted by Gasteiger charge is 2.03. The first-order valence-electron chi connectivity index (χ1n) is 3.65. The van der Waals surface area contributed by atoms with Crippen LogP contribution in [-0.2, 0) is 0 Å². The van der Waals surface area contributed by atoms with E-state index in [-0.39, 0.29) is 0 Å². The topological polar surface area (TPSA) is 52.0 Å². The molecule has 2 nitrogen and oxygen atoms in total. The Kier molecular flexibility index (Phi) is 1.77. The van der Waals surface area contributed by atoms with Crippen molar-refractivity contribution in [1.29, 1.82) is 0 Å². The Labute approximate surface area is 67.2 Å². The molecule has 0 heterocycles. The van der Waals surface area contributed by atoms with Crippen LogP contribution in [0, 0.1) is 20.8 Å². The minimum atomic E-state index is 0.813. The quantitative estimate of drug-likeness (QED) is 0.439. The Hall–Kier alpha value is -1.18. The van der Waals surface area contributed by atoms with Crippen molar-refractivity contribution in [1.82, 2.24) is 0 Å². The second-order valence-electron chi connectivity index (χ2n) is 2.96. The van der Waals surface area contributed by atoms with Crippen LogP contribution in [-0.4, -0.2) is 0 Å². The monoisotopic (exact) mass is 152 g/mol. The molecule has 0 fully saturated rings. The summed E-state index contributed by atoms with van der Waals surface area (Å²) in [4.78, 5) is 0. The van der Waals surface area contributed by atoms with E-state index < -0.39 is 0 Å². The van der Waals surface area contributed by atoms with Crippen molar-refractivity contribution in [2.24, 2.45) is 0 Å². The first-order valence-corrected chi connectivity index (χ1v) is 3.65. The third-order valence-electron chi connectivity index (χ3n) is 2.09. The summed E-state index contributed by atoms with van der Waals surface area (Å²) >= 11 is 0. The maximum atomic E-state index is 5.77. The van der Waals surface area contributed by atoms with Crippen molar-refractivity contribution >= 4 is 11.4 Å². The summed E-state index contributed by atoms with van der Waals surface area (Å²) in [6.45, 7) is 5.94. The number of nitrogens with two attached hydrogens (primary N) is 2. The fourth-order valence-corrected chi connectivity index (χ4v) is 1.22. The van der Waals surface area contributed by atoms with Crippen LogP contribution in [0.3, 0.4) is 0 Å². The third-order valence-corrected chi connectivity index (χ3v) is 2.09. The van der Waals surface area contributed by atoms with Crippen molar-refractivity contribution < 1.29 is 0 Å². The van der Waals surface area contributed by atoms with Gasteiger partial charge in [-0.3, -0.25) is 0 Å². The Bertz CT molecular complexity index is 264. The highest BCUT2D eigenvalue weighted by Crippen LogP contribution is 2.25. The van der Waals surface area contributed by atoms with Gasteiger partial charge in [0.2, 0.25) is 0 Å². The number of hydrogen-bond donors (Lipinski definition) is 2. The van der Waals surface area contributed by atoms with Gasteiger partial charge in [-0.05, 0) is 37.5 Å². The molecule has 60 valence electrons. The maximum absolute atomic E-state index is 5.77. The van der Waals surface area contributed by atoms with Gasteiger partial charge in [-0.1, -0.05) is 6.07 Å². The van der Waals surface area contributed by atoms with Crippen LogP contribution >= 0.6 is 0 Å². The predicted octanol–water partition coefficient (Wildman–Crippen LogP) is 1.78. The van der Waals surface area contributed by atoms with Gasteiger partial charge in [-0.25, -0.2) is 0 Å². The average Bonchev–Trinajstić information content (AvgIpc) is 1.97. The molecule has 0 spiro atoms. The van der Waals surface area contributed by atoms with Crippen LogP contribution in [0.4, 0.5) is 11.4 Å². The molecule has 4 N–H and O–H groups in total. The standard InChI is InChI=1S/C9H14N2/c1-5-4-6(2)9(11)7(3)8(5)10/h4H,10-11H2,1-3H3/i10+1,11+1. The Balaban J connectivity index is 3.46. The molecule has 1 aromatic carbocycles. The van der Waals surface area contributed by atoms with Crippen molar-refractivity contribution in [3.05, 3.63) is 22.8 Å². The van der Waals surface area contributed by atoms with Gasteiger partial charge >= 0.3 is 0 Å². The molecule has 0 amide bonds. The third kappa shape index (κ3) is 1.16. The number of nitrogen functional groups attached to an aromatic ring is 2. The lowest BCUT2D eigenvalue weighted by atomic mass is 10.0. The van der Waals surface area contributed by atoms with Gasteiger partial charge in [0.25, 0.3) is 0 Å². The van der Waals surface area contributed by atoms with E-state index >= 15 is 0 Å². The van der Waals surface area contributed by atoms with Gasteiger partial charge in [-0.15, -0.1) is 0 Å². The molecule has 0 aliphatic rings. The largest absolute Gasteiger partial charge is 0.398 e. The molecule has 11 heavy (non-hydrogen) atoms. The molecule has 0 saturated heterocycles. The molecule has 1 aromatic rings. The predicted molar refractivity (Wildman–Crippen MR) is 49.5 cm³/mol. The summed E-state index contributed by atoms with van der Waals surface area (Å²) in [6.07, 6.45) is 0. The SMILES string of the molecule is Cc1cc(C)c([15NH2])c(C)c1[15NH2]. The van der Waals surface area contributed by atoms with E-state index in [1.807, 2.05) is 26.8 Å². The van der Waals surface area contributed by atoms with Crippen LogP contribution < -0.4 is 11.5 Å². The molecular formula is C9H14N2. The van der Waals surface area contributed by atoms with Crippen LogP contribution in [0.1, 0.15) is 16.7 Å². The number of aryl methyl sites for hydroxylation is 2. The zero-order valence-corrected chi connectivity index (χ0v) is 7.23. The maximum Gasteiger partial charge on any atom is 0.0394 e. The molecule has 0 saturated carbocycles. The summed E-state index contributed by atoms with van der Waals surface area (Å²) in [5, 5.41) is 0. The summed E-state index contributed by atoms with van der Waals surface area (Å²) in [5.41, 5.74) is 16.4. The molecule has 0 aromatic heterocycles. The van der Waals surface area contributed by atoms with Gasteiger partial charge in [0.1, 0.15) is 0 Å². The second kappa shape index (κ2) is 2.46. The van der Waals surface area contributed by atoms with Crippen LogP contribution in [0.15, 0.2) is 6.07 Å². The highest BCUT2D eigenvalue weighted by molar-refractivity contribution is 5.67. The second-order valence-corrected chi connectivity index (χ2v) is 2.96. The molecule has 0 aliphatic heterocycles. The number of hydrogen-bond acceptors (Lipinski definition) is 2. The van der Waals surface area contributed by atoms with Crippen LogP contribution in [0.5, 0.6) is 0 Å². The Morgan fingerprint density at radius 3 is 1.64 bits per heavy atom. The van der Waals surface area contributed by atoms with Gasteiger partial charge in [0.15, 0.2) is 0 Å². The first-order chi connectivity index (χ1) is 5.04. The van der Waals surface area contributed by atoms with E-state index in [2.05, 4.69) is 0 Å². The fraction of sp³-hybridized carbons (Fsp3) is 0.333. The van der Waals surface area contributed by atoms with Gasteiger partial charge < -0.3 is 11.5 Å². The van der Waals surface area contributed by atoms with Gasteiger partial charge in [0, 0.05) is 11.4 Å². The minimum Gasteiger partial charge on any atom is -0.398 e. The lowest BCUT2D eigenvalue weighted by Crippen LogP contribution is -2.00. The number of benzene rings is 1. The molecule has 2 heteroatoms. The van der Waals surface area contributed by atoms with Gasteiger partial charge in [-0.2, -0.15) is 0 Å². The van der Waals surface area contributed by atoms with Crippen molar-refractivity contribution in [2.45, 2.75) is 20.8 Å². The van der Waals surface area contributed by atoms with E-state index in [0.29, 0.717) is 0 Å². The zero-order chi connectivity index (χ0) is 8.59. The first kappa shape index (κ1) is 7.92. The zero-order valence-electron chi connectivity index (χ0n) is 7.23. The van der Waals surface area contributed by atoms with E-state index in [1.165, 1.54) is 0 Å². The normalized spacial score (nSPS) is 10.1. The lowest BCUT2D eigenvalue weighted by molar-refractivity contribution is 1.33. The van der Waals surface area contributed by atoms with Crippen molar-refractivity contribution in [2.75, 3.05) is 11.5 Å². The molecule has 0 aliphatic carbocycles. The van der Waals surface area contributed by atoms with E-state index in [4.69, 9.17) is 11.5 Å². The molecular weight excluding hydrogens is 138 g/mol. The van der Waals surface area contributed by atoms with E-state index in [1.54, 1.807) is 0 Å². The highest BCUT2D eigenvalue weighted by atomic mass is 15.4. The van der Waals surface area contributed by atoms with Crippen LogP contribution in [0.25, 0.3) is 0 Å². The Morgan fingerprint density at radius 1 is 0.909 bits per heavy atom. The van der Waals surface area contributed by atoms with E-state index in [0.717, 1.165) is 28.1 Å². The molecule has 0 unspecified atom stereocenters. The summed E-state index contributed by atoms with van der Waals surface area (Å²) in [5.74, 6) is 0. The van der Waals surface area contributed by atoms with Crippen molar-refractivity contribution in [3.63, 3.8) is 0 Å². The van der Waals surface area contributed by atoms with Gasteiger partial charge in [0.05, 0.1) is 0 Å². The summed E-state index contributed by atoms with van der Waals surface area (Å²) in [6, 6.07) is 2.01. The average molecular weight is 152 g/mol. The minimum absolute atomic E-state index is 0.813. The Morgan fingerprint density at radius 2 is 1.27 bits per heavy atom. The lowest BCUT2D eigenvalue weighted by Gasteiger charge is -2.09. The van der Waals surface area contributed by atoms with Crippen molar-refractivity contribution in [3.8, 4) is 0 Å². The van der Waals surface area contributed by atoms with E-state index in [9.17, 15) is 0 Å². The molecule has 1 rings (SSSR count). The fourth-order valence-electron chi connectivity index (χ4n) is 1.22. The summed E-state index contributed by atoms with van der Waals surface area (Å²) in [7, 11) is 0. The summed E-state index contributed by atoms with van der Waals surface area (Å²) < 4.78 is 0. The smallest absolute Gasteiger partial charge is 0.0394 e. The number of rotatable bonds is 0. The number of anilines is 2. The van der Waals surface area contributed by atoms with Crippen LogP contribution in [0.2, 0.25) is 0 Å². The molecule has 0 atom stereocenters. The molecule has 0 bridgehead atoms.